The number of aryl methyl sites for hydroxylation is 2. The van der Waals surface area contributed by atoms with Crippen LogP contribution >= 0.6 is 0 Å². The van der Waals surface area contributed by atoms with E-state index >= 15 is 0 Å². The van der Waals surface area contributed by atoms with Crippen LogP contribution in [0.3, 0.4) is 0 Å². The van der Waals surface area contributed by atoms with Crippen molar-refractivity contribution in [2.75, 3.05) is 26.4 Å². The molecule has 3 aromatic carbocycles. The Morgan fingerprint density at radius 2 is 0.957 bits per heavy atom. The molecule has 0 spiro atoms. The smallest absolute Gasteiger partial charge is 0.330 e. The van der Waals surface area contributed by atoms with Crippen LogP contribution in [0.15, 0.2) is 86.0 Å². The van der Waals surface area contributed by atoms with Crippen molar-refractivity contribution < 1.29 is 38.7 Å². The topological polar surface area (TPSA) is 112 Å². The van der Waals surface area contributed by atoms with Crippen molar-refractivity contribution in [1.29, 1.82) is 0 Å². The molecular weight excluding hydrogens is 584 g/mol. The molecule has 0 aromatic heterocycles. The van der Waals surface area contributed by atoms with Crippen molar-refractivity contribution in [3.8, 4) is 11.5 Å². The van der Waals surface area contributed by atoms with Crippen LogP contribution in [0.5, 0.6) is 11.5 Å². The van der Waals surface area contributed by atoms with Crippen molar-refractivity contribution >= 4 is 11.9 Å². The van der Waals surface area contributed by atoms with Crippen molar-refractivity contribution in [3.05, 3.63) is 119 Å². The number of aliphatic hydroxyl groups excluding tert-OH is 2. The molecular formula is C38H46O8. The number of hydrogen-bond acceptors (Lipinski definition) is 8. The highest BCUT2D eigenvalue weighted by Crippen LogP contribution is 2.38. The number of benzene rings is 3. The molecule has 3 aromatic rings. The third-order valence-electron chi connectivity index (χ3n) is 8.15. The summed E-state index contributed by atoms with van der Waals surface area (Å²) in [5, 5.41) is 20.1. The molecule has 0 aliphatic rings. The normalized spacial score (nSPS) is 12.9. The molecule has 0 radical (unpaired) electrons. The monoisotopic (exact) mass is 630 g/mol. The fourth-order valence-electron chi connectivity index (χ4n) is 4.98. The molecule has 0 saturated heterocycles. The summed E-state index contributed by atoms with van der Waals surface area (Å²) in [6.07, 6.45) is 0.210. The van der Waals surface area contributed by atoms with Crippen molar-refractivity contribution in [3.63, 3.8) is 0 Å². The van der Waals surface area contributed by atoms with Crippen LogP contribution in [0.4, 0.5) is 0 Å². The number of carbonyl (C=O) groups is 2. The maximum absolute atomic E-state index is 11.2. The quantitative estimate of drug-likeness (QED) is 0.149. The van der Waals surface area contributed by atoms with E-state index in [1.807, 2.05) is 38.1 Å². The zero-order valence-corrected chi connectivity index (χ0v) is 27.7. The summed E-state index contributed by atoms with van der Waals surface area (Å²) in [4.78, 5) is 22.4. The van der Waals surface area contributed by atoms with Gasteiger partial charge in [0.2, 0.25) is 0 Å². The Kier molecular flexibility index (Phi) is 12.3. The predicted molar refractivity (Wildman–Crippen MR) is 178 cm³/mol. The van der Waals surface area contributed by atoms with Crippen molar-refractivity contribution in [2.24, 2.45) is 0 Å². The van der Waals surface area contributed by atoms with Gasteiger partial charge in [-0.15, -0.1) is 0 Å². The molecule has 0 aliphatic heterocycles. The van der Waals surface area contributed by atoms with Gasteiger partial charge in [0.1, 0.15) is 50.1 Å². The largest absolute Gasteiger partial charge is 0.490 e. The maximum Gasteiger partial charge on any atom is 0.330 e. The summed E-state index contributed by atoms with van der Waals surface area (Å²) in [6.45, 7) is 19.0. The van der Waals surface area contributed by atoms with Crippen LogP contribution in [0.25, 0.3) is 0 Å². The van der Waals surface area contributed by atoms with Gasteiger partial charge >= 0.3 is 11.9 Å². The molecule has 0 aliphatic carbocycles. The number of hydrogen-bond donors (Lipinski definition) is 2. The van der Waals surface area contributed by atoms with Crippen molar-refractivity contribution in [1.82, 2.24) is 0 Å². The number of aliphatic hydroxyl groups is 2. The fourth-order valence-corrected chi connectivity index (χ4v) is 4.98. The van der Waals surface area contributed by atoms with Crippen molar-refractivity contribution in [2.45, 2.75) is 64.6 Å². The summed E-state index contributed by atoms with van der Waals surface area (Å²) in [6, 6.07) is 20.7. The molecule has 0 saturated carbocycles. The van der Waals surface area contributed by atoms with E-state index in [2.05, 4.69) is 77.3 Å². The zero-order valence-electron chi connectivity index (χ0n) is 27.7. The lowest BCUT2D eigenvalue weighted by molar-refractivity contribution is -0.142. The summed E-state index contributed by atoms with van der Waals surface area (Å²) >= 11 is 0. The molecule has 0 amide bonds. The van der Waals surface area contributed by atoms with Crippen LogP contribution in [0.2, 0.25) is 0 Å². The van der Waals surface area contributed by atoms with E-state index in [0.717, 1.165) is 45.5 Å². The molecule has 3 rings (SSSR count). The molecule has 8 nitrogen and oxygen atoms in total. The Hall–Kier alpha value is -4.40. The Morgan fingerprint density at radius 1 is 0.630 bits per heavy atom. The van der Waals surface area contributed by atoms with Gasteiger partial charge in [0.05, 0.1) is 0 Å². The lowest BCUT2D eigenvalue weighted by atomic mass is 9.74. The highest BCUT2D eigenvalue weighted by atomic mass is 16.6. The molecule has 8 heteroatoms. The first kappa shape index (κ1) is 36.1. The molecule has 0 heterocycles. The van der Waals surface area contributed by atoms with Gasteiger partial charge in [-0.05, 0) is 59.4 Å². The molecule has 2 atom stereocenters. The summed E-state index contributed by atoms with van der Waals surface area (Å²) < 4.78 is 21.3. The van der Waals surface area contributed by atoms with Gasteiger partial charge in [0, 0.05) is 23.0 Å². The number of carbonyl (C=O) groups excluding carboxylic acids is 2. The second-order valence-corrected chi connectivity index (χ2v) is 12.4. The molecule has 0 fully saturated rings. The van der Waals surface area contributed by atoms with Gasteiger partial charge in [-0.3, -0.25) is 0 Å². The van der Waals surface area contributed by atoms with Gasteiger partial charge in [-0.2, -0.15) is 0 Å². The third kappa shape index (κ3) is 9.31. The number of ether oxygens (including phenoxy) is 4. The van der Waals surface area contributed by atoms with Gasteiger partial charge in [-0.1, -0.05) is 89.4 Å². The minimum absolute atomic E-state index is 0.00131. The molecule has 0 bridgehead atoms. The number of rotatable bonds is 16. The SMILES string of the molecule is C=CC(=O)OCC(O)COc1ccc(C(C)(C)c2ccc(C(C)(C)c3ccc(OCC(O)COC(=O)C=C)c(C)c3)cc2)cc1C. The Balaban J connectivity index is 1.67. The van der Waals surface area contributed by atoms with E-state index in [1.165, 1.54) is 0 Å². The van der Waals surface area contributed by atoms with Crippen LogP contribution in [-0.2, 0) is 29.9 Å². The van der Waals surface area contributed by atoms with Crippen LogP contribution < -0.4 is 9.47 Å². The standard InChI is InChI=1S/C38H46O8/c1-9-35(41)45-23-31(39)21-43-33-17-15-29(19-25(33)3)37(5,6)27-11-13-28(14-12-27)38(7,8)30-16-18-34(26(4)20-30)44-22-32(40)24-46-36(42)10-2/h9-20,31-32,39-40H,1-2,21-24H2,3-8H3. The highest BCUT2D eigenvalue weighted by molar-refractivity contribution is 5.81. The van der Waals surface area contributed by atoms with E-state index < -0.39 is 24.1 Å². The van der Waals surface area contributed by atoms with E-state index in [0.29, 0.717) is 11.5 Å². The van der Waals surface area contributed by atoms with Crippen LogP contribution in [0, 0.1) is 13.8 Å². The highest BCUT2D eigenvalue weighted by Gasteiger charge is 2.27. The van der Waals surface area contributed by atoms with E-state index in [-0.39, 0.29) is 37.3 Å². The number of esters is 2. The van der Waals surface area contributed by atoms with Crippen LogP contribution in [-0.4, -0.2) is 60.8 Å². The van der Waals surface area contributed by atoms with Gasteiger partial charge in [0.25, 0.3) is 0 Å². The Morgan fingerprint density at radius 3 is 1.26 bits per heavy atom. The first-order valence-electron chi connectivity index (χ1n) is 15.2. The minimum Gasteiger partial charge on any atom is -0.490 e. The molecule has 2 N–H and O–H groups in total. The second-order valence-electron chi connectivity index (χ2n) is 12.4. The maximum atomic E-state index is 11.2. The van der Waals surface area contributed by atoms with Gasteiger partial charge < -0.3 is 29.2 Å². The van der Waals surface area contributed by atoms with E-state index in [9.17, 15) is 19.8 Å². The molecule has 2 unspecified atom stereocenters. The first-order chi connectivity index (χ1) is 21.7. The second kappa shape index (κ2) is 15.7. The molecule has 46 heavy (non-hydrogen) atoms. The molecule has 246 valence electrons. The predicted octanol–water partition coefficient (Wildman–Crippen LogP) is 5.89. The average molecular weight is 631 g/mol. The lowest BCUT2D eigenvalue weighted by Crippen LogP contribution is -2.25. The zero-order chi connectivity index (χ0) is 34.1. The van der Waals surface area contributed by atoms with Gasteiger partial charge in [0.15, 0.2) is 0 Å². The fraction of sp³-hybridized carbons (Fsp3) is 0.368. The summed E-state index contributed by atoms with van der Waals surface area (Å²) in [5.41, 5.74) is 5.89. The first-order valence-corrected chi connectivity index (χ1v) is 15.2. The van der Waals surface area contributed by atoms with E-state index in [4.69, 9.17) is 18.9 Å². The lowest BCUT2D eigenvalue weighted by Gasteiger charge is -2.30. The minimum atomic E-state index is -0.946. The summed E-state index contributed by atoms with van der Waals surface area (Å²) in [7, 11) is 0. The van der Waals surface area contributed by atoms with E-state index in [1.54, 1.807) is 0 Å². The van der Waals surface area contributed by atoms with Crippen LogP contribution in [0.1, 0.15) is 61.1 Å². The summed E-state index contributed by atoms with van der Waals surface area (Å²) in [5.74, 6) is 0.134. The third-order valence-corrected chi connectivity index (χ3v) is 8.15. The Bertz CT molecular complexity index is 1410. The average Bonchev–Trinajstić information content (AvgIpc) is 3.04. The van der Waals surface area contributed by atoms with Gasteiger partial charge in [-0.25, -0.2) is 9.59 Å². The Labute approximate surface area is 272 Å².